The summed E-state index contributed by atoms with van der Waals surface area (Å²) in [6, 6.07) is 2.90. The van der Waals surface area contributed by atoms with Crippen molar-refractivity contribution in [3.8, 4) is 0 Å². The van der Waals surface area contributed by atoms with Crippen molar-refractivity contribution in [3.05, 3.63) is 35.4 Å². The summed E-state index contributed by atoms with van der Waals surface area (Å²) < 4.78 is 26.8. The third-order valence-electron chi connectivity index (χ3n) is 5.24. The van der Waals surface area contributed by atoms with Gasteiger partial charge >= 0.3 is 0 Å². The van der Waals surface area contributed by atoms with E-state index in [1.807, 2.05) is 0 Å². The van der Waals surface area contributed by atoms with E-state index in [1.165, 1.54) is 19.1 Å². The van der Waals surface area contributed by atoms with Gasteiger partial charge in [0, 0.05) is 52.3 Å². The van der Waals surface area contributed by atoms with Crippen LogP contribution < -0.4 is 0 Å². The fourth-order valence-electron chi connectivity index (χ4n) is 3.89. The van der Waals surface area contributed by atoms with E-state index in [0.717, 1.165) is 12.6 Å². The summed E-state index contributed by atoms with van der Waals surface area (Å²) in [6.07, 6.45) is 0.241. The normalized spacial score (nSPS) is 23.7. The van der Waals surface area contributed by atoms with E-state index in [9.17, 15) is 23.5 Å². The van der Waals surface area contributed by atoms with Crippen molar-refractivity contribution in [2.45, 2.75) is 31.9 Å². The smallest absolute Gasteiger partial charge is 0.227 e. The third-order valence-corrected chi connectivity index (χ3v) is 5.24. The van der Waals surface area contributed by atoms with Crippen molar-refractivity contribution >= 4 is 11.8 Å². The second kappa shape index (κ2) is 8.31. The lowest BCUT2D eigenvalue weighted by Gasteiger charge is -2.42. The number of aliphatic hydroxyl groups is 1. The van der Waals surface area contributed by atoms with Gasteiger partial charge in [0.2, 0.25) is 11.8 Å². The number of β-amino-alcohol motifs (C(OH)–C–C–N with tert-alkyl or cyclic N) is 1. The molecule has 6 nitrogen and oxygen atoms in total. The van der Waals surface area contributed by atoms with Crippen molar-refractivity contribution in [2.24, 2.45) is 0 Å². The van der Waals surface area contributed by atoms with E-state index in [-0.39, 0.29) is 30.4 Å². The van der Waals surface area contributed by atoms with Gasteiger partial charge in [-0.2, -0.15) is 0 Å². The summed E-state index contributed by atoms with van der Waals surface area (Å²) in [4.78, 5) is 30.1. The number of hydrogen-bond acceptors (Lipinski definition) is 4. The molecule has 2 saturated heterocycles. The Labute approximate surface area is 157 Å². The van der Waals surface area contributed by atoms with Crippen LogP contribution in [-0.2, 0) is 16.0 Å². The van der Waals surface area contributed by atoms with Gasteiger partial charge in [-0.15, -0.1) is 0 Å². The predicted octanol–water partition coefficient (Wildman–Crippen LogP) is 0.633. The highest BCUT2D eigenvalue weighted by Gasteiger charge is 2.34. The minimum absolute atomic E-state index is 0.0410. The Morgan fingerprint density at radius 3 is 2.41 bits per heavy atom. The van der Waals surface area contributed by atoms with E-state index in [0.29, 0.717) is 44.7 Å². The van der Waals surface area contributed by atoms with Crippen LogP contribution in [0.3, 0.4) is 0 Å². The molecule has 0 unspecified atom stereocenters. The van der Waals surface area contributed by atoms with Crippen LogP contribution in [0.2, 0.25) is 0 Å². The van der Waals surface area contributed by atoms with Gasteiger partial charge in [-0.25, -0.2) is 8.78 Å². The number of aliphatic hydroxyl groups excluding tert-OH is 1. The maximum Gasteiger partial charge on any atom is 0.227 e. The van der Waals surface area contributed by atoms with Gasteiger partial charge in [-0.3, -0.25) is 14.5 Å². The zero-order chi connectivity index (χ0) is 19.6. The first-order valence-electron chi connectivity index (χ1n) is 9.22. The molecule has 2 atom stereocenters. The predicted molar refractivity (Wildman–Crippen MR) is 94.9 cm³/mol. The Hall–Kier alpha value is -2.06. The van der Waals surface area contributed by atoms with Crippen LogP contribution in [0.25, 0.3) is 0 Å². The second-order valence-electron chi connectivity index (χ2n) is 7.36. The maximum atomic E-state index is 13.4. The fraction of sp³-hybridized carbons (Fsp3) is 0.579. The third kappa shape index (κ3) is 5.01. The number of piperazine rings is 1. The average Bonchev–Trinajstić information content (AvgIpc) is 2.98. The van der Waals surface area contributed by atoms with Gasteiger partial charge in [0.1, 0.15) is 11.6 Å². The SMILES string of the molecule is CC(=O)N1CCN(C(=O)Cc2cc(F)cc(F)c2)[C@H](CN2CC[C@@H](O)C2)C1. The van der Waals surface area contributed by atoms with E-state index >= 15 is 0 Å². The van der Waals surface area contributed by atoms with Crippen LogP contribution in [0.5, 0.6) is 0 Å². The zero-order valence-electron chi connectivity index (χ0n) is 15.4. The summed E-state index contributed by atoms with van der Waals surface area (Å²) in [5.41, 5.74) is 0.293. The molecule has 0 aliphatic carbocycles. The lowest BCUT2D eigenvalue weighted by Crippen LogP contribution is -2.59. The van der Waals surface area contributed by atoms with Crippen LogP contribution in [0.15, 0.2) is 18.2 Å². The molecule has 2 amide bonds. The first-order chi connectivity index (χ1) is 12.8. The number of amides is 2. The van der Waals surface area contributed by atoms with E-state index in [1.54, 1.807) is 9.80 Å². The average molecular weight is 381 g/mol. The highest BCUT2D eigenvalue weighted by atomic mass is 19.1. The first-order valence-corrected chi connectivity index (χ1v) is 9.22. The molecule has 27 heavy (non-hydrogen) atoms. The standard InChI is InChI=1S/C19H25F2N3O3/c1-13(25)23-4-5-24(17(11-23)10-22-3-2-18(26)12-22)19(27)8-14-6-15(20)9-16(21)7-14/h6-7,9,17-18,26H,2-5,8,10-12H2,1H3/t17-,18-/m1/s1. The summed E-state index contributed by atoms with van der Waals surface area (Å²) in [6.45, 7) is 4.61. The number of carbonyl (C=O) groups excluding carboxylic acids is 2. The minimum Gasteiger partial charge on any atom is -0.392 e. The molecule has 0 bridgehead atoms. The van der Waals surface area contributed by atoms with Crippen LogP contribution in [0, 0.1) is 11.6 Å². The van der Waals surface area contributed by atoms with Crippen LogP contribution in [0.1, 0.15) is 18.9 Å². The minimum atomic E-state index is -0.707. The lowest BCUT2D eigenvalue weighted by molar-refractivity contribution is -0.142. The van der Waals surface area contributed by atoms with Crippen LogP contribution in [0.4, 0.5) is 8.78 Å². The summed E-state index contributed by atoms with van der Waals surface area (Å²) in [5, 5.41) is 9.73. The topological polar surface area (TPSA) is 64.1 Å². The van der Waals surface area contributed by atoms with Crippen molar-refractivity contribution in [2.75, 3.05) is 39.3 Å². The van der Waals surface area contributed by atoms with Gasteiger partial charge in [-0.1, -0.05) is 0 Å². The lowest BCUT2D eigenvalue weighted by atomic mass is 10.1. The van der Waals surface area contributed by atoms with Crippen molar-refractivity contribution < 1.29 is 23.5 Å². The van der Waals surface area contributed by atoms with Crippen molar-refractivity contribution in [3.63, 3.8) is 0 Å². The molecular formula is C19H25F2N3O3. The second-order valence-corrected chi connectivity index (χ2v) is 7.36. The van der Waals surface area contributed by atoms with Gasteiger partial charge in [-0.05, 0) is 24.1 Å². The first kappa shape index (κ1) is 19.7. The molecule has 2 aliphatic rings. The Kier molecular flexibility index (Phi) is 6.06. The Morgan fingerprint density at radius 1 is 1.11 bits per heavy atom. The Bertz CT molecular complexity index is 695. The molecule has 148 valence electrons. The number of halogens is 2. The summed E-state index contributed by atoms with van der Waals surface area (Å²) >= 11 is 0. The molecule has 2 heterocycles. The number of nitrogens with zero attached hydrogens (tertiary/aromatic N) is 3. The highest BCUT2D eigenvalue weighted by Crippen LogP contribution is 2.18. The quantitative estimate of drug-likeness (QED) is 0.831. The molecular weight excluding hydrogens is 356 g/mol. The Balaban J connectivity index is 1.71. The monoisotopic (exact) mass is 381 g/mol. The molecule has 0 radical (unpaired) electrons. The zero-order valence-corrected chi connectivity index (χ0v) is 15.4. The molecule has 2 aliphatic heterocycles. The number of likely N-dealkylation sites (tertiary alicyclic amines) is 1. The molecule has 0 saturated carbocycles. The van der Waals surface area contributed by atoms with Gasteiger partial charge < -0.3 is 14.9 Å². The molecule has 2 fully saturated rings. The van der Waals surface area contributed by atoms with Crippen molar-refractivity contribution in [1.29, 1.82) is 0 Å². The van der Waals surface area contributed by atoms with Crippen molar-refractivity contribution in [1.82, 2.24) is 14.7 Å². The number of hydrogen-bond donors (Lipinski definition) is 1. The number of carbonyl (C=O) groups is 2. The van der Waals surface area contributed by atoms with Crippen LogP contribution in [-0.4, -0.2) is 83.0 Å². The molecule has 1 aromatic rings. The number of rotatable bonds is 4. The highest BCUT2D eigenvalue weighted by molar-refractivity contribution is 5.80. The van der Waals surface area contributed by atoms with E-state index < -0.39 is 11.6 Å². The number of benzene rings is 1. The fourth-order valence-corrected chi connectivity index (χ4v) is 3.89. The molecule has 8 heteroatoms. The largest absolute Gasteiger partial charge is 0.392 e. The maximum absolute atomic E-state index is 13.4. The molecule has 0 spiro atoms. The molecule has 1 N–H and O–H groups in total. The molecule has 0 aromatic heterocycles. The van der Waals surface area contributed by atoms with E-state index in [4.69, 9.17) is 0 Å². The van der Waals surface area contributed by atoms with Gasteiger partial charge in [0.15, 0.2) is 0 Å². The summed E-state index contributed by atoms with van der Waals surface area (Å²) in [5.74, 6) is -1.67. The Morgan fingerprint density at radius 2 is 1.81 bits per heavy atom. The van der Waals surface area contributed by atoms with Gasteiger partial charge in [0.25, 0.3) is 0 Å². The summed E-state index contributed by atoms with van der Waals surface area (Å²) in [7, 11) is 0. The van der Waals surface area contributed by atoms with E-state index in [2.05, 4.69) is 4.90 Å². The molecule has 3 rings (SSSR count). The molecule has 1 aromatic carbocycles. The van der Waals surface area contributed by atoms with Crippen LogP contribution >= 0.6 is 0 Å². The van der Waals surface area contributed by atoms with Gasteiger partial charge in [0.05, 0.1) is 18.6 Å².